The number of carbonyl (C=O) groups excluding carboxylic acids is 1. The fourth-order valence-electron chi connectivity index (χ4n) is 3.93. The van der Waals surface area contributed by atoms with Gasteiger partial charge in [0.15, 0.2) is 0 Å². The molecule has 3 rings (SSSR count). The highest BCUT2D eigenvalue weighted by Gasteiger charge is 2.38. The summed E-state index contributed by atoms with van der Waals surface area (Å²) in [7, 11) is 1.63. The number of anilines is 1. The lowest BCUT2D eigenvalue weighted by atomic mass is 9.97. The molecule has 1 amide bonds. The van der Waals surface area contributed by atoms with Crippen molar-refractivity contribution >= 4 is 11.6 Å². The van der Waals surface area contributed by atoms with E-state index in [4.69, 9.17) is 15.2 Å². The Morgan fingerprint density at radius 1 is 1.24 bits per heavy atom. The molecule has 0 aliphatic carbocycles. The van der Waals surface area contributed by atoms with Crippen LogP contribution in [0.2, 0.25) is 0 Å². The van der Waals surface area contributed by atoms with Gasteiger partial charge in [-0.3, -0.25) is 9.69 Å². The summed E-state index contributed by atoms with van der Waals surface area (Å²) >= 11 is 0. The smallest absolute Gasteiger partial charge is 0.220 e. The summed E-state index contributed by atoms with van der Waals surface area (Å²) in [6.07, 6.45) is 2.76. The van der Waals surface area contributed by atoms with E-state index in [-0.39, 0.29) is 12.3 Å². The zero-order valence-corrected chi connectivity index (χ0v) is 15.1. The third-order valence-corrected chi connectivity index (χ3v) is 5.05. The summed E-state index contributed by atoms with van der Waals surface area (Å²) in [5, 5.41) is 0. The molecular weight excluding hydrogens is 318 g/mol. The monoisotopic (exact) mass is 347 g/mol. The fraction of sp³-hybridized carbons (Fsp3) is 0.632. The predicted octanol–water partition coefficient (Wildman–Crippen LogP) is 1.38. The number of nitrogens with zero attached hydrogens (tertiary/aromatic N) is 2. The Morgan fingerprint density at radius 2 is 1.96 bits per heavy atom. The van der Waals surface area contributed by atoms with Gasteiger partial charge in [0.1, 0.15) is 5.60 Å². The lowest BCUT2D eigenvalue weighted by Gasteiger charge is -2.42. The summed E-state index contributed by atoms with van der Waals surface area (Å²) in [5.74, 6) is -0.353. The molecule has 0 bridgehead atoms. The molecule has 0 unspecified atom stereocenters. The van der Waals surface area contributed by atoms with E-state index in [1.165, 1.54) is 24.1 Å². The van der Waals surface area contributed by atoms with Crippen molar-refractivity contribution in [2.24, 2.45) is 5.73 Å². The summed E-state index contributed by atoms with van der Waals surface area (Å²) < 4.78 is 11.2. The summed E-state index contributed by atoms with van der Waals surface area (Å²) in [4.78, 5) is 16.2. The van der Waals surface area contributed by atoms with Crippen LogP contribution in [-0.2, 0) is 20.8 Å². The molecule has 2 aliphatic heterocycles. The number of primary amides is 1. The molecule has 2 heterocycles. The first-order valence-corrected chi connectivity index (χ1v) is 9.08. The van der Waals surface area contributed by atoms with Crippen LogP contribution in [0.25, 0.3) is 0 Å². The second kappa shape index (κ2) is 8.17. The van der Waals surface area contributed by atoms with Gasteiger partial charge < -0.3 is 20.1 Å². The highest BCUT2D eigenvalue weighted by molar-refractivity contribution is 5.75. The molecule has 2 aliphatic rings. The van der Waals surface area contributed by atoms with E-state index in [0.717, 1.165) is 26.2 Å². The topological polar surface area (TPSA) is 68.0 Å². The maximum Gasteiger partial charge on any atom is 0.220 e. The molecule has 0 saturated carbocycles. The lowest BCUT2D eigenvalue weighted by molar-refractivity contribution is -0.154. The zero-order valence-electron chi connectivity index (χ0n) is 15.1. The van der Waals surface area contributed by atoms with Gasteiger partial charge in [0.25, 0.3) is 0 Å². The normalized spacial score (nSPS) is 24.6. The molecule has 6 nitrogen and oxygen atoms in total. The van der Waals surface area contributed by atoms with Gasteiger partial charge >= 0.3 is 0 Å². The Balaban J connectivity index is 1.62. The number of methoxy groups -OCH3 is 1. The molecule has 2 N–H and O–H groups in total. The second-order valence-corrected chi connectivity index (χ2v) is 7.18. The number of carbonyl (C=O) groups is 1. The van der Waals surface area contributed by atoms with Gasteiger partial charge in [0, 0.05) is 45.5 Å². The SMILES string of the molecule is COC[C@@]1(CC(N)=O)CN(Cc2ccc(N3CCCC3)cc2)CCO1. The summed E-state index contributed by atoms with van der Waals surface area (Å²) in [6, 6.07) is 8.84. The minimum Gasteiger partial charge on any atom is -0.382 e. The van der Waals surface area contributed by atoms with Crippen LogP contribution in [0.15, 0.2) is 24.3 Å². The number of morpholine rings is 1. The quantitative estimate of drug-likeness (QED) is 0.807. The third-order valence-electron chi connectivity index (χ3n) is 5.05. The van der Waals surface area contributed by atoms with E-state index >= 15 is 0 Å². The van der Waals surface area contributed by atoms with Crippen LogP contribution in [0.1, 0.15) is 24.8 Å². The molecule has 1 atom stereocenters. The number of benzene rings is 1. The number of nitrogens with two attached hydrogens (primary N) is 1. The van der Waals surface area contributed by atoms with Gasteiger partial charge in [0.2, 0.25) is 5.91 Å². The molecule has 0 spiro atoms. The van der Waals surface area contributed by atoms with Crippen LogP contribution in [0.4, 0.5) is 5.69 Å². The Bertz CT molecular complexity index is 568. The number of amides is 1. The molecule has 2 fully saturated rings. The van der Waals surface area contributed by atoms with Crippen molar-refractivity contribution in [1.82, 2.24) is 4.90 Å². The molecular formula is C19H29N3O3. The van der Waals surface area contributed by atoms with Crippen molar-refractivity contribution in [3.8, 4) is 0 Å². The van der Waals surface area contributed by atoms with E-state index in [1.807, 2.05) is 0 Å². The van der Waals surface area contributed by atoms with Crippen LogP contribution >= 0.6 is 0 Å². The molecule has 0 radical (unpaired) electrons. The first-order chi connectivity index (χ1) is 12.1. The second-order valence-electron chi connectivity index (χ2n) is 7.18. The van der Waals surface area contributed by atoms with Gasteiger partial charge in [0.05, 0.1) is 19.6 Å². The molecule has 2 saturated heterocycles. The average molecular weight is 347 g/mol. The van der Waals surface area contributed by atoms with Gasteiger partial charge in [-0.1, -0.05) is 12.1 Å². The Hall–Kier alpha value is -1.63. The van der Waals surface area contributed by atoms with Crippen molar-refractivity contribution in [1.29, 1.82) is 0 Å². The van der Waals surface area contributed by atoms with Crippen molar-refractivity contribution in [3.63, 3.8) is 0 Å². The van der Waals surface area contributed by atoms with Gasteiger partial charge in [-0.15, -0.1) is 0 Å². The first-order valence-electron chi connectivity index (χ1n) is 9.08. The van der Waals surface area contributed by atoms with Crippen LogP contribution in [0.3, 0.4) is 0 Å². The Labute approximate surface area is 149 Å². The minimum atomic E-state index is -0.631. The van der Waals surface area contributed by atoms with Crippen molar-refractivity contribution in [2.75, 3.05) is 51.4 Å². The van der Waals surface area contributed by atoms with Crippen molar-refractivity contribution < 1.29 is 14.3 Å². The standard InChI is InChI=1S/C19H29N3O3/c1-24-15-19(12-18(20)23)14-21(10-11-25-19)13-16-4-6-17(7-5-16)22-8-2-3-9-22/h4-7H,2-3,8-15H2,1H3,(H2,20,23)/t19-/m1/s1. The highest BCUT2D eigenvalue weighted by Crippen LogP contribution is 2.25. The van der Waals surface area contributed by atoms with E-state index in [9.17, 15) is 4.79 Å². The van der Waals surface area contributed by atoms with E-state index in [1.54, 1.807) is 7.11 Å². The van der Waals surface area contributed by atoms with E-state index in [2.05, 4.69) is 34.1 Å². The first kappa shape index (κ1) is 18.2. The summed E-state index contributed by atoms with van der Waals surface area (Å²) in [5.41, 5.74) is 7.37. The van der Waals surface area contributed by atoms with Crippen molar-refractivity contribution in [3.05, 3.63) is 29.8 Å². The van der Waals surface area contributed by atoms with Crippen LogP contribution in [0, 0.1) is 0 Å². The maximum absolute atomic E-state index is 11.4. The lowest BCUT2D eigenvalue weighted by Crippen LogP contribution is -2.55. The Morgan fingerprint density at radius 3 is 2.60 bits per heavy atom. The zero-order chi connectivity index (χ0) is 17.7. The molecule has 138 valence electrons. The number of hydrogen-bond donors (Lipinski definition) is 1. The molecule has 1 aromatic carbocycles. The summed E-state index contributed by atoms with van der Waals surface area (Å²) in [6.45, 7) is 5.62. The molecule has 25 heavy (non-hydrogen) atoms. The van der Waals surface area contributed by atoms with Crippen LogP contribution in [-0.4, -0.2) is 62.9 Å². The minimum absolute atomic E-state index is 0.186. The van der Waals surface area contributed by atoms with Crippen LogP contribution < -0.4 is 10.6 Å². The van der Waals surface area contributed by atoms with Gasteiger partial charge in [-0.25, -0.2) is 0 Å². The Kier molecular flexibility index (Phi) is 5.93. The van der Waals surface area contributed by atoms with Gasteiger partial charge in [-0.2, -0.15) is 0 Å². The van der Waals surface area contributed by atoms with Gasteiger partial charge in [-0.05, 0) is 30.5 Å². The number of rotatable bonds is 7. The fourth-order valence-corrected chi connectivity index (χ4v) is 3.93. The van der Waals surface area contributed by atoms with Crippen LogP contribution in [0.5, 0.6) is 0 Å². The van der Waals surface area contributed by atoms with Crippen molar-refractivity contribution in [2.45, 2.75) is 31.4 Å². The average Bonchev–Trinajstić information content (AvgIpc) is 3.10. The van der Waals surface area contributed by atoms with E-state index in [0.29, 0.717) is 19.8 Å². The largest absolute Gasteiger partial charge is 0.382 e. The number of hydrogen-bond acceptors (Lipinski definition) is 5. The highest BCUT2D eigenvalue weighted by atomic mass is 16.5. The predicted molar refractivity (Wildman–Crippen MR) is 97.5 cm³/mol. The number of ether oxygens (including phenoxy) is 2. The molecule has 0 aromatic heterocycles. The third kappa shape index (κ3) is 4.71. The maximum atomic E-state index is 11.4. The molecule has 1 aromatic rings. The molecule has 6 heteroatoms. The van der Waals surface area contributed by atoms with E-state index < -0.39 is 5.60 Å².